The number of amidine groups is 1. The van der Waals surface area contributed by atoms with Crippen LogP contribution in [0, 0.1) is 5.92 Å². The molecule has 19 heavy (non-hydrogen) atoms. The molecule has 112 valence electrons. The van der Waals surface area contributed by atoms with E-state index in [0.29, 0.717) is 25.3 Å². The summed E-state index contributed by atoms with van der Waals surface area (Å²) in [7, 11) is -3.64. The van der Waals surface area contributed by atoms with Gasteiger partial charge in [-0.1, -0.05) is 25.4 Å². The van der Waals surface area contributed by atoms with Gasteiger partial charge in [0.1, 0.15) is 0 Å². The number of hydrogen-bond acceptors (Lipinski definition) is 4. The van der Waals surface area contributed by atoms with Crippen molar-refractivity contribution in [2.24, 2.45) is 16.8 Å². The molecule has 1 aliphatic carbocycles. The predicted octanol–water partition coefficient (Wildman–Crippen LogP) is 0.516. The van der Waals surface area contributed by atoms with Crippen molar-refractivity contribution in [1.29, 1.82) is 0 Å². The molecule has 0 unspecified atom stereocenters. The van der Waals surface area contributed by atoms with Gasteiger partial charge in [0.15, 0.2) is 5.84 Å². The summed E-state index contributed by atoms with van der Waals surface area (Å²) in [6, 6.07) is 0. The van der Waals surface area contributed by atoms with Gasteiger partial charge in [-0.3, -0.25) is 0 Å². The number of nitrogens with zero attached hydrogens (tertiary/aromatic N) is 1. The topological polar surface area (TPSA) is 117 Å². The van der Waals surface area contributed by atoms with Crippen LogP contribution in [0.5, 0.6) is 0 Å². The molecular weight excluding hydrogens is 268 g/mol. The molecule has 0 spiro atoms. The van der Waals surface area contributed by atoms with Crippen LogP contribution in [0.2, 0.25) is 0 Å². The molecule has 0 aromatic carbocycles. The second-order valence-corrected chi connectivity index (χ2v) is 6.52. The van der Waals surface area contributed by atoms with E-state index in [9.17, 15) is 8.42 Å². The quantitative estimate of drug-likeness (QED) is 0.247. The highest BCUT2D eigenvalue weighted by Crippen LogP contribution is 2.34. The third kappa shape index (κ3) is 4.05. The normalized spacial score (nSPS) is 29.4. The zero-order valence-corrected chi connectivity index (χ0v) is 12.3. The zero-order chi connectivity index (χ0) is 14.5. The summed E-state index contributed by atoms with van der Waals surface area (Å²) < 4.78 is 28.6. The Morgan fingerprint density at radius 1 is 1.42 bits per heavy atom. The molecule has 1 fully saturated rings. The van der Waals surface area contributed by atoms with E-state index in [1.807, 2.05) is 0 Å². The molecule has 8 heteroatoms. The van der Waals surface area contributed by atoms with Crippen molar-refractivity contribution in [2.75, 3.05) is 6.54 Å². The minimum Gasteiger partial charge on any atom is -0.409 e. The molecule has 5 N–H and O–H groups in total. The molecule has 0 aromatic rings. The van der Waals surface area contributed by atoms with E-state index >= 15 is 0 Å². The first-order chi connectivity index (χ1) is 8.89. The van der Waals surface area contributed by atoms with Crippen molar-refractivity contribution in [1.82, 2.24) is 9.44 Å². The lowest BCUT2D eigenvalue weighted by molar-refractivity contribution is 0.253. The van der Waals surface area contributed by atoms with Crippen LogP contribution in [0.15, 0.2) is 5.16 Å². The summed E-state index contributed by atoms with van der Waals surface area (Å²) in [4.78, 5) is 0. The SMILES string of the molecule is CCNS(=O)(=O)NC1(C(N)=NO)CCC(CC)CC1. The smallest absolute Gasteiger partial charge is 0.277 e. The Kier molecular flexibility index (Phi) is 5.57. The fraction of sp³-hybridized carbons (Fsp3) is 0.909. The first-order valence-corrected chi connectivity index (χ1v) is 8.14. The molecule has 0 bridgehead atoms. The van der Waals surface area contributed by atoms with E-state index in [0.717, 1.165) is 19.3 Å². The van der Waals surface area contributed by atoms with Gasteiger partial charge in [0.25, 0.3) is 10.2 Å². The molecule has 0 saturated heterocycles. The molecule has 1 aliphatic rings. The van der Waals surface area contributed by atoms with Gasteiger partial charge in [-0.05, 0) is 31.6 Å². The molecule has 0 heterocycles. The summed E-state index contributed by atoms with van der Waals surface area (Å²) in [5.41, 5.74) is 4.75. The van der Waals surface area contributed by atoms with Crippen molar-refractivity contribution in [3.63, 3.8) is 0 Å². The number of rotatable bonds is 6. The lowest BCUT2D eigenvalue weighted by Crippen LogP contribution is -2.61. The Balaban J connectivity index is 2.91. The lowest BCUT2D eigenvalue weighted by atomic mass is 9.75. The van der Waals surface area contributed by atoms with Gasteiger partial charge in [-0.15, -0.1) is 0 Å². The fourth-order valence-corrected chi connectivity index (χ4v) is 3.84. The Morgan fingerprint density at radius 2 is 2.00 bits per heavy atom. The first kappa shape index (κ1) is 16.2. The molecule has 0 radical (unpaired) electrons. The van der Waals surface area contributed by atoms with Gasteiger partial charge in [0.05, 0.1) is 5.54 Å². The standard InChI is InChI=1S/C11H24N4O3S/c1-3-9-5-7-11(8-6-9,10(12)14-16)15-19(17,18)13-4-2/h9,13,15-16H,3-8H2,1-2H3,(H2,12,14). The van der Waals surface area contributed by atoms with Crippen molar-refractivity contribution in [2.45, 2.75) is 51.5 Å². The van der Waals surface area contributed by atoms with E-state index < -0.39 is 15.7 Å². The third-order valence-corrected chi connectivity index (χ3v) is 5.13. The molecular formula is C11H24N4O3S. The van der Waals surface area contributed by atoms with E-state index in [2.05, 4.69) is 21.5 Å². The van der Waals surface area contributed by atoms with Crippen molar-refractivity contribution in [3.8, 4) is 0 Å². The van der Waals surface area contributed by atoms with Crippen molar-refractivity contribution < 1.29 is 13.6 Å². The van der Waals surface area contributed by atoms with Crippen LogP contribution in [-0.2, 0) is 10.2 Å². The van der Waals surface area contributed by atoms with Gasteiger partial charge < -0.3 is 10.9 Å². The van der Waals surface area contributed by atoms with Crippen LogP contribution < -0.4 is 15.2 Å². The zero-order valence-electron chi connectivity index (χ0n) is 11.5. The van der Waals surface area contributed by atoms with Crippen LogP contribution >= 0.6 is 0 Å². The van der Waals surface area contributed by atoms with Crippen LogP contribution in [0.3, 0.4) is 0 Å². The maximum atomic E-state index is 11.9. The predicted molar refractivity (Wildman–Crippen MR) is 74.1 cm³/mol. The van der Waals surface area contributed by atoms with E-state index in [1.54, 1.807) is 6.92 Å². The highest BCUT2D eigenvalue weighted by atomic mass is 32.2. The summed E-state index contributed by atoms with van der Waals surface area (Å²) >= 11 is 0. The maximum Gasteiger partial charge on any atom is 0.277 e. The second-order valence-electron chi connectivity index (χ2n) is 5.02. The molecule has 1 rings (SSSR count). The van der Waals surface area contributed by atoms with Crippen molar-refractivity contribution in [3.05, 3.63) is 0 Å². The largest absolute Gasteiger partial charge is 0.409 e. The molecule has 0 aromatic heterocycles. The van der Waals surface area contributed by atoms with Crippen LogP contribution in [-0.4, -0.2) is 31.5 Å². The second kappa shape index (κ2) is 6.53. The summed E-state index contributed by atoms with van der Waals surface area (Å²) in [5, 5.41) is 11.9. The number of nitrogens with two attached hydrogens (primary N) is 1. The average Bonchev–Trinajstić information content (AvgIpc) is 2.38. The monoisotopic (exact) mass is 292 g/mol. The minimum atomic E-state index is -3.64. The van der Waals surface area contributed by atoms with E-state index in [-0.39, 0.29) is 5.84 Å². The Morgan fingerprint density at radius 3 is 2.42 bits per heavy atom. The van der Waals surface area contributed by atoms with Crippen LogP contribution in [0.4, 0.5) is 0 Å². The highest BCUT2D eigenvalue weighted by Gasteiger charge is 2.41. The maximum absolute atomic E-state index is 11.9. The molecule has 7 nitrogen and oxygen atoms in total. The van der Waals surface area contributed by atoms with Crippen LogP contribution in [0.25, 0.3) is 0 Å². The first-order valence-electron chi connectivity index (χ1n) is 6.65. The van der Waals surface area contributed by atoms with Gasteiger partial charge in [-0.25, -0.2) is 4.72 Å². The number of nitrogens with one attached hydrogen (secondary N) is 2. The van der Waals surface area contributed by atoms with Gasteiger partial charge in [-0.2, -0.15) is 13.1 Å². The summed E-state index contributed by atoms with van der Waals surface area (Å²) in [6.07, 6.45) is 3.88. The van der Waals surface area contributed by atoms with Crippen LogP contribution in [0.1, 0.15) is 46.0 Å². The average molecular weight is 292 g/mol. The molecule has 0 amide bonds. The Hall–Kier alpha value is -0.860. The molecule has 1 saturated carbocycles. The molecule has 0 atom stereocenters. The van der Waals surface area contributed by atoms with E-state index in [1.165, 1.54) is 0 Å². The summed E-state index contributed by atoms with van der Waals surface area (Å²) in [6.45, 7) is 4.10. The third-order valence-electron chi connectivity index (χ3n) is 3.80. The van der Waals surface area contributed by atoms with Gasteiger partial charge in [0, 0.05) is 6.54 Å². The minimum absolute atomic E-state index is 0.0662. The number of oxime groups is 1. The van der Waals surface area contributed by atoms with E-state index in [4.69, 9.17) is 10.9 Å². The van der Waals surface area contributed by atoms with Gasteiger partial charge in [0.2, 0.25) is 0 Å². The number of hydrogen-bond donors (Lipinski definition) is 4. The lowest BCUT2D eigenvalue weighted by Gasteiger charge is -2.39. The van der Waals surface area contributed by atoms with Crippen molar-refractivity contribution >= 4 is 16.0 Å². The fourth-order valence-electron chi connectivity index (χ4n) is 2.57. The Labute approximate surface area is 114 Å². The van der Waals surface area contributed by atoms with Gasteiger partial charge >= 0.3 is 0 Å². The molecule has 0 aliphatic heterocycles. The highest BCUT2D eigenvalue weighted by molar-refractivity contribution is 7.87. The summed E-state index contributed by atoms with van der Waals surface area (Å²) in [5.74, 6) is 0.506. The Bertz CT molecular complexity index is 414.